The molecule has 0 amide bonds. The van der Waals surface area contributed by atoms with Gasteiger partial charge in [0.1, 0.15) is 4.90 Å². The Morgan fingerprint density at radius 1 is 1.40 bits per heavy atom. The molecule has 0 spiro atoms. The maximum atomic E-state index is 11.8. The van der Waals surface area contributed by atoms with Crippen LogP contribution < -0.4 is 5.14 Å². The summed E-state index contributed by atoms with van der Waals surface area (Å²) in [7, 11) is -2.53. The van der Waals surface area contributed by atoms with E-state index in [2.05, 4.69) is 10.2 Å². The molecule has 114 valence electrons. The van der Waals surface area contributed by atoms with Gasteiger partial charge in [-0.1, -0.05) is 13.8 Å². The van der Waals surface area contributed by atoms with Crippen LogP contribution in [0.1, 0.15) is 42.4 Å². The first kappa shape index (κ1) is 16.6. The van der Waals surface area contributed by atoms with E-state index in [9.17, 15) is 13.2 Å². The molecule has 0 saturated heterocycles. The van der Waals surface area contributed by atoms with Crippen LogP contribution in [0.3, 0.4) is 0 Å². The van der Waals surface area contributed by atoms with E-state index in [1.54, 1.807) is 13.8 Å². The largest absolute Gasteiger partial charge is 0.461 e. The molecule has 3 N–H and O–H groups in total. The van der Waals surface area contributed by atoms with E-state index in [0.29, 0.717) is 13.0 Å². The fourth-order valence-corrected chi connectivity index (χ4v) is 2.59. The summed E-state index contributed by atoms with van der Waals surface area (Å²) in [5, 5.41) is 11.4. The summed E-state index contributed by atoms with van der Waals surface area (Å²) in [6.45, 7) is 4.07. The molecule has 0 atom stereocenters. The first-order valence-electron chi connectivity index (χ1n) is 6.06. The van der Waals surface area contributed by atoms with Crippen LogP contribution in [0, 0.1) is 0 Å². The Morgan fingerprint density at radius 2 is 2.05 bits per heavy atom. The molecule has 1 rings (SSSR count). The van der Waals surface area contributed by atoms with E-state index in [1.165, 1.54) is 7.11 Å². The number of rotatable bonds is 7. The van der Waals surface area contributed by atoms with Gasteiger partial charge in [-0.05, 0) is 5.92 Å². The van der Waals surface area contributed by atoms with E-state index >= 15 is 0 Å². The van der Waals surface area contributed by atoms with Gasteiger partial charge in [0.25, 0.3) is 0 Å². The van der Waals surface area contributed by atoms with Crippen molar-refractivity contribution in [2.45, 2.75) is 31.1 Å². The Balaban J connectivity index is 2.98. The van der Waals surface area contributed by atoms with Crippen LogP contribution in [0.4, 0.5) is 0 Å². The molecule has 0 aromatic carbocycles. The molecule has 8 nitrogen and oxygen atoms in total. The number of hydrogen-bond acceptors (Lipinski definition) is 6. The summed E-state index contributed by atoms with van der Waals surface area (Å²) in [6, 6.07) is 0. The van der Waals surface area contributed by atoms with Crippen molar-refractivity contribution in [1.29, 1.82) is 0 Å². The topological polar surface area (TPSA) is 124 Å². The lowest BCUT2D eigenvalue weighted by Gasteiger charge is -2.06. The second-order valence-electron chi connectivity index (χ2n) is 4.50. The summed E-state index contributed by atoms with van der Waals surface area (Å²) in [5.74, 6) is -1.00. The highest BCUT2D eigenvalue weighted by Gasteiger charge is 2.29. The number of ether oxygens (including phenoxy) is 2. The molecule has 1 heterocycles. The fourth-order valence-electron chi connectivity index (χ4n) is 1.60. The first-order chi connectivity index (χ1) is 9.29. The van der Waals surface area contributed by atoms with Crippen molar-refractivity contribution in [3.05, 3.63) is 11.4 Å². The number of esters is 1. The Bertz CT molecular complexity index is 565. The van der Waals surface area contributed by atoms with Gasteiger partial charge in [-0.2, -0.15) is 5.10 Å². The second kappa shape index (κ2) is 6.82. The van der Waals surface area contributed by atoms with E-state index in [1.807, 2.05) is 0 Å². The summed E-state index contributed by atoms with van der Waals surface area (Å²) in [4.78, 5) is 11.5. The lowest BCUT2D eigenvalue weighted by atomic mass is 10.1. The Morgan fingerprint density at radius 3 is 2.55 bits per heavy atom. The average Bonchev–Trinajstić information content (AvgIpc) is 2.79. The van der Waals surface area contributed by atoms with Crippen molar-refractivity contribution >= 4 is 16.0 Å². The third-order valence-corrected chi connectivity index (χ3v) is 3.51. The minimum absolute atomic E-state index is 0.112. The van der Waals surface area contributed by atoms with Gasteiger partial charge in [0.15, 0.2) is 5.69 Å². The van der Waals surface area contributed by atoms with E-state index in [0.717, 1.165) is 0 Å². The van der Waals surface area contributed by atoms with Gasteiger partial charge in [0, 0.05) is 20.1 Å². The van der Waals surface area contributed by atoms with Gasteiger partial charge in [-0.15, -0.1) is 0 Å². The highest BCUT2D eigenvalue weighted by molar-refractivity contribution is 7.89. The first-order valence-corrected chi connectivity index (χ1v) is 7.60. The third kappa shape index (κ3) is 4.02. The summed E-state index contributed by atoms with van der Waals surface area (Å²) >= 11 is 0. The van der Waals surface area contributed by atoms with Crippen molar-refractivity contribution < 1.29 is 22.7 Å². The molecule has 0 aliphatic rings. The van der Waals surface area contributed by atoms with Gasteiger partial charge < -0.3 is 9.47 Å². The zero-order chi connectivity index (χ0) is 15.3. The van der Waals surface area contributed by atoms with Crippen LogP contribution in [0.15, 0.2) is 4.90 Å². The summed E-state index contributed by atoms with van der Waals surface area (Å²) in [5.41, 5.74) is -0.0232. The number of H-pyrrole nitrogens is 1. The molecule has 0 aliphatic carbocycles. The number of sulfonamides is 1. The Hall–Kier alpha value is -1.45. The predicted octanol–water partition coefficient (Wildman–Crippen LogP) is 0.374. The van der Waals surface area contributed by atoms with Gasteiger partial charge in [0.2, 0.25) is 10.0 Å². The molecule has 0 bridgehead atoms. The van der Waals surface area contributed by atoms with Crippen LogP contribution in [-0.2, 0) is 19.5 Å². The van der Waals surface area contributed by atoms with Crippen molar-refractivity contribution in [3.63, 3.8) is 0 Å². The van der Waals surface area contributed by atoms with Crippen LogP contribution >= 0.6 is 0 Å². The number of nitrogens with two attached hydrogens (primary N) is 1. The second-order valence-corrected chi connectivity index (χ2v) is 6.00. The highest BCUT2D eigenvalue weighted by atomic mass is 32.2. The number of carbonyl (C=O) groups excluding carboxylic acids is 1. The molecular weight excluding hydrogens is 286 g/mol. The van der Waals surface area contributed by atoms with E-state index < -0.39 is 16.0 Å². The van der Waals surface area contributed by atoms with Crippen molar-refractivity contribution in [1.82, 2.24) is 10.2 Å². The number of aromatic nitrogens is 2. The smallest absolute Gasteiger partial charge is 0.360 e. The minimum atomic E-state index is -4.07. The lowest BCUT2D eigenvalue weighted by molar-refractivity contribution is 0.0457. The van der Waals surface area contributed by atoms with Crippen LogP contribution in [-0.4, -0.2) is 44.9 Å². The van der Waals surface area contributed by atoms with Crippen molar-refractivity contribution in [2.24, 2.45) is 5.14 Å². The van der Waals surface area contributed by atoms with Crippen LogP contribution in [0.2, 0.25) is 0 Å². The monoisotopic (exact) mass is 305 g/mol. The van der Waals surface area contributed by atoms with Gasteiger partial charge in [-0.3, -0.25) is 5.10 Å². The number of carbonyl (C=O) groups is 1. The normalized spacial score (nSPS) is 11.8. The average molecular weight is 305 g/mol. The lowest BCUT2D eigenvalue weighted by Crippen LogP contribution is -2.19. The molecular formula is C11H19N3O5S. The molecule has 0 saturated carbocycles. The number of primary sulfonamides is 1. The minimum Gasteiger partial charge on any atom is -0.461 e. The van der Waals surface area contributed by atoms with Crippen LogP contribution in [0.5, 0.6) is 0 Å². The number of nitrogens with one attached hydrogen (secondary N) is 1. The Kier molecular flexibility index (Phi) is 5.66. The number of aromatic amines is 1. The van der Waals surface area contributed by atoms with Gasteiger partial charge in [0.05, 0.1) is 12.3 Å². The number of methoxy groups -OCH3 is 1. The summed E-state index contributed by atoms with van der Waals surface area (Å²) in [6.07, 6.45) is 0.508. The predicted molar refractivity (Wildman–Crippen MR) is 70.8 cm³/mol. The molecule has 20 heavy (non-hydrogen) atoms. The standard InChI is InChI=1S/C11H19N3O5S/c1-7(2)8-10(20(12,16)17)9(14-13-8)11(15)19-6-4-5-18-3/h7H,4-6H2,1-3H3,(H,13,14)(H2,12,16,17). The molecule has 0 aliphatic heterocycles. The third-order valence-electron chi connectivity index (χ3n) is 2.53. The quantitative estimate of drug-likeness (QED) is 0.554. The molecule has 0 radical (unpaired) electrons. The number of hydrogen-bond donors (Lipinski definition) is 2. The maximum absolute atomic E-state index is 11.8. The van der Waals surface area contributed by atoms with E-state index in [4.69, 9.17) is 14.6 Å². The van der Waals surface area contributed by atoms with Gasteiger partial charge >= 0.3 is 5.97 Å². The van der Waals surface area contributed by atoms with Gasteiger partial charge in [-0.25, -0.2) is 18.4 Å². The maximum Gasteiger partial charge on any atom is 0.360 e. The number of nitrogens with zero attached hydrogens (tertiary/aromatic N) is 1. The zero-order valence-corrected chi connectivity index (χ0v) is 12.5. The molecule has 1 aromatic heterocycles. The molecule has 1 aromatic rings. The summed E-state index contributed by atoms with van der Waals surface area (Å²) < 4.78 is 33.0. The molecule has 0 fully saturated rings. The van der Waals surface area contributed by atoms with Crippen LogP contribution in [0.25, 0.3) is 0 Å². The SMILES string of the molecule is COCCCOC(=O)c1n[nH]c(C(C)C)c1S(N)(=O)=O. The molecule has 9 heteroatoms. The highest BCUT2D eigenvalue weighted by Crippen LogP contribution is 2.24. The molecule has 0 unspecified atom stereocenters. The zero-order valence-electron chi connectivity index (χ0n) is 11.7. The van der Waals surface area contributed by atoms with Crippen molar-refractivity contribution in [3.8, 4) is 0 Å². The fraction of sp³-hybridized carbons (Fsp3) is 0.636. The van der Waals surface area contributed by atoms with E-state index in [-0.39, 0.29) is 28.8 Å². The van der Waals surface area contributed by atoms with Crippen molar-refractivity contribution in [2.75, 3.05) is 20.3 Å². The Labute approximate surface area is 117 Å².